The molecule has 1 aliphatic carbocycles. The third kappa shape index (κ3) is 3.62. The average Bonchev–Trinajstić information content (AvgIpc) is 2.46. The van der Waals surface area contributed by atoms with Crippen LogP contribution in [0, 0.1) is 8.99 Å². The van der Waals surface area contributed by atoms with Gasteiger partial charge in [0, 0.05) is 22.7 Å². The van der Waals surface area contributed by atoms with Crippen molar-refractivity contribution in [2.75, 3.05) is 36.5 Å². The molecule has 3 rings (SSSR count). The largest absolute Gasteiger partial charge is 0.378 e. The van der Waals surface area contributed by atoms with Crippen LogP contribution in [0.3, 0.4) is 0 Å². The summed E-state index contributed by atoms with van der Waals surface area (Å²) in [5.41, 5.74) is 0.534. The average molecular weight is 401 g/mol. The summed E-state index contributed by atoms with van der Waals surface area (Å²) in [6.07, 6.45) is 3.77. The summed E-state index contributed by atoms with van der Waals surface area (Å²) >= 11 is 2.38. The van der Waals surface area contributed by atoms with Crippen molar-refractivity contribution in [3.63, 3.8) is 0 Å². The minimum atomic E-state index is 0.534. The lowest BCUT2D eigenvalue weighted by molar-refractivity contribution is 0.122. The molecule has 21 heavy (non-hydrogen) atoms. The lowest BCUT2D eigenvalue weighted by Crippen LogP contribution is -2.43. The third-order valence-corrected chi connectivity index (χ3v) is 5.42. The molecule has 1 saturated heterocycles. The highest BCUT2D eigenvalue weighted by molar-refractivity contribution is 14.1. The summed E-state index contributed by atoms with van der Waals surface area (Å²) in [5.74, 6) is 2.09. The molecule has 0 amide bonds. The molecular weight excluding hydrogens is 377 g/mol. The SMILES string of the molecule is CC[C@]1(C)C[C@H](Nc2cc(I)cc(N3CCOCC3)n2)C1. The number of anilines is 2. The second kappa shape index (κ2) is 6.28. The van der Waals surface area contributed by atoms with Gasteiger partial charge in [-0.3, -0.25) is 0 Å². The molecule has 0 radical (unpaired) electrons. The van der Waals surface area contributed by atoms with Gasteiger partial charge in [-0.15, -0.1) is 0 Å². The van der Waals surface area contributed by atoms with Gasteiger partial charge in [0.15, 0.2) is 0 Å². The molecule has 1 saturated carbocycles. The zero-order valence-electron chi connectivity index (χ0n) is 12.9. The Morgan fingerprint density at radius 3 is 2.76 bits per heavy atom. The van der Waals surface area contributed by atoms with Gasteiger partial charge in [-0.25, -0.2) is 4.98 Å². The van der Waals surface area contributed by atoms with Gasteiger partial charge in [0.1, 0.15) is 11.6 Å². The molecular formula is C16H24IN3O. The molecule has 1 N–H and O–H groups in total. The van der Waals surface area contributed by atoms with E-state index in [1.165, 1.54) is 22.8 Å². The third-order valence-electron chi connectivity index (χ3n) is 4.80. The molecule has 0 spiro atoms. The molecule has 0 atom stereocenters. The van der Waals surface area contributed by atoms with Crippen molar-refractivity contribution in [1.29, 1.82) is 0 Å². The van der Waals surface area contributed by atoms with Gasteiger partial charge >= 0.3 is 0 Å². The Balaban J connectivity index is 1.67. The van der Waals surface area contributed by atoms with E-state index >= 15 is 0 Å². The predicted octanol–water partition coefficient (Wildman–Crippen LogP) is 3.51. The van der Waals surface area contributed by atoms with Gasteiger partial charge in [0.2, 0.25) is 0 Å². The van der Waals surface area contributed by atoms with Crippen LogP contribution in [0.25, 0.3) is 0 Å². The van der Waals surface area contributed by atoms with Crippen LogP contribution in [-0.4, -0.2) is 37.3 Å². The topological polar surface area (TPSA) is 37.4 Å². The Morgan fingerprint density at radius 1 is 1.38 bits per heavy atom. The maximum absolute atomic E-state index is 5.42. The van der Waals surface area contributed by atoms with Crippen molar-refractivity contribution in [3.8, 4) is 0 Å². The van der Waals surface area contributed by atoms with Crippen LogP contribution in [-0.2, 0) is 4.74 Å². The van der Waals surface area contributed by atoms with E-state index in [1.807, 2.05) is 0 Å². The normalized spacial score (nSPS) is 29.1. The number of halogens is 1. The number of hydrogen-bond acceptors (Lipinski definition) is 4. The first-order chi connectivity index (χ1) is 10.1. The number of aromatic nitrogens is 1. The van der Waals surface area contributed by atoms with Gasteiger partial charge in [-0.05, 0) is 53.0 Å². The number of hydrogen-bond donors (Lipinski definition) is 1. The number of pyridine rings is 1. The van der Waals surface area contributed by atoms with Crippen molar-refractivity contribution < 1.29 is 4.74 Å². The number of rotatable bonds is 4. The lowest BCUT2D eigenvalue weighted by Gasteiger charge is -2.45. The van der Waals surface area contributed by atoms with E-state index in [1.54, 1.807) is 0 Å². The van der Waals surface area contributed by atoms with Gasteiger partial charge in [0.25, 0.3) is 0 Å². The number of morpholine rings is 1. The summed E-state index contributed by atoms with van der Waals surface area (Å²) in [6.45, 7) is 8.14. The van der Waals surface area contributed by atoms with Crippen molar-refractivity contribution in [1.82, 2.24) is 4.98 Å². The van der Waals surface area contributed by atoms with Gasteiger partial charge < -0.3 is 15.0 Å². The van der Waals surface area contributed by atoms with Crippen molar-refractivity contribution in [2.24, 2.45) is 5.41 Å². The first-order valence-electron chi connectivity index (χ1n) is 7.85. The first kappa shape index (κ1) is 15.3. The fourth-order valence-corrected chi connectivity index (χ4v) is 3.82. The van der Waals surface area contributed by atoms with Crippen LogP contribution in [0.15, 0.2) is 12.1 Å². The molecule has 0 bridgehead atoms. The Kier molecular flexibility index (Phi) is 4.59. The van der Waals surface area contributed by atoms with Crippen LogP contribution in [0.1, 0.15) is 33.1 Å². The molecule has 2 aliphatic rings. The molecule has 1 aliphatic heterocycles. The molecule has 4 nitrogen and oxygen atoms in total. The lowest BCUT2D eigenvalue weighted by atomic mass is 9.65. The van der Waals surface area contributed by atoms with Gasteiger partial charge in [-0.1, -0.05) is 20.3 Å². The molecule has 2 heterocycles. The Bertz CT molecular complexity index is 496. The summed E-state index contributed by atoms with van der Waals surface area (Å²) in [4.78, 5) is 7.12. The predicted molar refractivity (Wildman–Crippen MR) is 95.0 cm³/mol. The Labute approximate surface area is 140 Å². The molecule has 1 aromatic heterocycles. The minimum absolute atomic E-state index is 0.534. The van der Waals surface area contributed by atoms with Crippen LogP contribution < -0.4 is 10.2 Å². The molecule has 1 aromatic rings. The molecule has 5 heteroatoms. The highest BCUT2D eigenvalue weighted by Crippen LogP contribution is 2.44. The summed E-state index contributed by atoms with van der Waals surface area (Å²) < 4.78 is 6.66. The van der Waals surface area contributed by atoms with E-state index < -0.39 is 0 Å². The zero-order valence-corrected chi connectivity index (χ0v) is 15.0. The summed E-state index contributed by atoms with van der Waals surface area (Å²) in [5, 5.41) is 3.61. The monoisotopic (exact) mass is 401 g/mol. The number of nitrogens with zero attached hydrogens (tertiary/aromatic N) is 2. The molecule has 116 valence electrons. The zero-order chi connectivity index (χ0) is 14.9. The highest BCUT2D eigenvalue weighted by Gasteiger charge is 2.38. The van der Waals surface area contributed by atoms with Crippen LogP contribution >= 0.6 is 22.6 Å². The second-order valence-electron chi connectivity index (χ2n) is 6.54. The van der Waals surface area contributed by atoms with Crippen LogP contribution in [0.5, 0.6) is 0 Å². The fraction of sp³-hybridized carbons (Fsp3) is 0.688. The molecule has 0 unspecified atom stereocenters. The second-order valence-corrected chi connectivity index (χ2v) is 7.79. The fourth-order valence-electron chi connectivity index (χ4n) is 3.24. The summed E-state index contributed by atoms with van der Waals surface area (Å²) in [6, 6.07) is 4.89. The summed E-state index contributed by atoms with van der Waals surface area (Å²) in [7, 11) is 0. The maximum atomic E-state index is 5.42. The smallest absolute Gasteiger partial charge is 0.132 e. The Hall–Kier alpha value is -0.560. The van der Waals surface area contributed by atoms with E-state index in [4.69, 9.17) is 9.72 Å². The maximum Gasteiger partial charge on any atom is 0.132 e. The van der Waals surface area contributed by atoms with E-state index in [0.717, 1.165) is 37.9 Å². The first-order valence-corrected chi connectivity index (χ1v) is 8.93. The number of ether oxygens (including phenoxy) is 1. The van der Waals surface area contributed by atoms with Gasteiger partial charge in [0.05, 0.1) is 13.2 Å². The number of nitrogens with one attached hydrogen (secondary N) is 1. The van der Waals surface area contributed by atoms with Crippen molar-refractivity contribution in [2.45, 2.75) is 39.2 Å². The van der Waals surface area contributed by atoms with E-state index in [9.17, 15) is 0 Å². The highest BCUT2D eigenvalue weighted by atomic mass is 127. The quantitative estimate of drug-likeness (QED) is 0.784. The Morgan fingerprint density at radius 2 is 2.10 bits per heavy atom. The van der Waals surface area contributed by atoms with Crippen LogP contribution in [0.4, 0.5) is 11.6 Å². The van der Waals surface area contributed by atoms with E-state index in [0.29, 0.717) is 11.5 Å². The van der Waals surface area contributed by atoms with Crippen molar-refractivity contribution in [3.05, 3.63) is 15.7 Å². The standard InChI is InChI=1S/C16H24IN3O/c1-3-16(2)10-13(11-16)18-14-8-12(17)9-15(19-14)20-4-6-21-7-5-20/h8-9,13H,3-7,10-11H2,1-2H3,(H,18,19)/t13-,16+. The van der Waals surface area contributed by atoms with E-state index in [-0.39, 0.29) is 0 Å². The van der Waals surface area contributed by atoms with E-state index in [2.05, 4.69) is 58.8 Å². The van der Waals surface area contributed by atoms with Crippen molar-refractivity contribution >= 4 is 34.2 Å². The van der Waals surface area contributed by atoms with Crippen LogP contribution in [0.2, 0.25) is 0 Å². The molecule has 2 fully saturated rings. The van der Waals surface area contributed by atoms with Gasteiger partial charge in [-0.2, -0.15) is 0 Å². The minimum Gasteiger partial charge on any atom is -0.378 e. The molecule has 0 aromatic carbocycles.